The van der Waals surface area contributed by atoms with Crippen LogP contribution in [0.5, 0.6) is 0 Å². The zero-order valence-electron chi connectivity index (χ0n) is 19.0. The number of allylic oxidation sites excluding steroid dienone is 2. The molecule has 6 atom stereocenters. The number of nitrogens with two attached hydrogens (primary N) is 1. The number of hydrogen-bond acceptors (Lipinski definition) is 6. The second-order valence-corrected chi connectivity index (χ2v) is 10.7. The topological polar surface area (TPSA) is 93.9 Å². The fourth-order valence-corrected chi connectivity index (χ4v) is 7.43. The van der Waals surface area contributed by atoms with Gasteiger partial charge in [0.2, 0.25) is 0 Å². The van der Waals surface area contributed by atoms with E-state index in [1.165, 1.54) is 25.7 Å². The smallest absolute Gasteiger partial charge is 0.197 e. The Morgan fingerprint density at radius 3 is 2.87 bits per heavy atom. The molecular weight excluding hydrogens is 390 g/mol. The van der Waals surface area contributed by atoms with Crippen molar-refractivity contribution in [3.8, 4) is 0 Å². The summed E-state index contributed by atoms with van der Waals surface area (Å²) in [6.45, 7) is 5.68. The molecule has 1 aromatic heterocycles. The van der Waals surface area contributed by atoms with Crippen LogP contribution in [0.25, 0.3) is 0 Å². The molecule has 0 aliphatic heterocycles. The molecule has 1 heterocycles. The first-order valence-corrected chi connectivity index (χ1v) is 12.2. The molecule has 6 nitrogen and oxygen atoms in total. The van der Waals surface area contributed by atoms with Crippen molar-refractivity contribution in [3.63, 3.8) is 0 Å². The Bertz CT molecular complexity index is 877. The van der Waals surface area contributed by atoms with Crippen LogP contribution in [0.3, 0.4) is 0 Å². The fourth-order valence-electron chi connectivity index (χ4n) is 7.43. The van der Waals surface area contributed by atoms with Gasteiger partial charge in [-0.05, 0) is 86.0 Å². The zero-order chi connectivity index (χ0) is 21.6. The van der Waals surface area contributed by atoms with Crippen molar-refractivity contribution >= 4 is 5.71 Å². The maximum absolute atomic E-state index is 10.6. The number of hydrogen-bond donors (Lipinski definition) is 2. The SMILES string of the molecule is CC12CC[C@@H]3C(CCC4=CC(=NOCCc5ncc(CN)o5)CCC43C)C1CCC2O. The number of aromatic nitrogens is 1. The van der Waals surface area contributed by atoms with Crippen LogP contribution in [0.2, 0.25) is 0 Å². The van der Waals surface area contributed by atoms with Crippen molar-refractivity contribution in [2.45, 2.75) is 84.3 Å². The number of oxime groups is 1. The zero-order valence-corrected chi connectivity index (χ0v) is 19.0. The summed E-state index contributed by atoms with van der Waals surface area (Å²) in [6.07, 6.45) is 13.7. The lowest BCUT2D eigenvalue weighted by Crippen LogP contribution is -2.51. The summed E-state index contributed by atoms with van der Waals surface area (Å²) in [7, 11) is 0. The van der Waals surface area contributed by atoms with E-state index in [0.717, 1.165) is 43.2 Å². The van der Waals surface area contributed by atoms with Crippen molar-refractivity contribution in [1.29, 1.82) is 0 Å². The number of aliphatic hydroxyl groups excluding tert-OH is 1. The molecule has 4 aliphatic carbocycles. The van der Waals surface area contributed by atoms with E-state index in [4.69, 9.17) is 15.0 Å². The van der Waals surface area contributed by atoms with Crippen LogP contribution in [0.4, 0.5) is 0 Å². The van der Waals surface area contributed by atoms with Gasteiger partial charge in [0.15, 0.2) is 5.89 Å². The molecule has 0 amide bonds. The molecule has 0 aromatic carbocycles. The highest BCUT2D eigenvalue weighted by Gasteiger charge is 2.58. The molecule has 0 saturated heterocycles. The monoisotopic (exact) mass is 427 g/mol. The van der Waals surface area contributed by atoms with Crippen molar-refractivity contribution in [2.24, 2.45) is 39.5 Å². The van der Waals surface area contributed by atoms with Crippen LogP contribution in [-0.2, 0) is 17.8 Å². The third-order valence-electron chi connectivity index (χ3n) is 9.32. The molecule has 170 valence electrons. The quantitative estimate of drug-likeness (QED) is 0.537. The van der Waals surface area contributed by atoms with Crippen LogP contribution in [-0.4, -0.2) is 28.5 Å². The Labute approximate surface area is 185 Å². The molecule has 5 rings (SSSR count). The number of fused-ring (bicyclic) bond motifs is 5. The summed E-state index contributed by atoms with van der Waals surface area (Å²) in [4.78, 5) is 9.81. The number of oxazole rings is 1. The molecule has 0 radical (unpaired) electrons. The molecule has 5 unspecified atom stereocenters. The van der Waals surface area contributed by atoms with Crippen LogP contribution >= 0.6 is 0 Å². The van der Waals surface area contributed by atoms with Gasteiger partial charge in [0.05, 0.1) is 31.0 Å². The van der Waals surface area contributed by atoms with E-state index >= 15 is 0 Å². The predicted octanol–water partition coefficient (Wildman–Crippen LogP) is 4.37. The highest BCUT2D eigenvalue weighted by molar-refractivity contribution is 5.96. The van der Waals surface area contributed by atoms with Crippen molar-refractivity contribution in [1.82, 2.24) is 4.98 Å². The minimum Gasteiger partial charge on any atom is -0.444 e. The van der Waals surface area contributed by atoms with Gasteiger partial charge in [0, 0.05) is 0 Å². The standard InChI is InChI=1S/C25H37N3O3/c1-24-10-7-17(28-30-12-9-23-27-15-18(14-26)31-23)13-16(24)3-4-19-20-5-6-22(29)25(20,2)11-8-21(19)24/h13,15,19-22,29H,3-12,14,26H2,1-2H3/t19?,20?,21-,22?,24?,25?/m1/s1. The molecule has 3 fully saturated rings. The number of nitrogens with zero attached hydrogens (tertiary/aromatic N) is 2. The van der Waals surface area contributed by atoms with E-state index in [-0.39, 0.29) is 16.9 Å². The summed E-state index contributed by atoms with van der Waals surface area (Å²) < 4.78 is 5.51. The third kappa shape index (κ3) is 3.56. The Hall–Kier alpha value is -1.66. The third-order valence-corrected chi connectivity index (χ3v) is 9.32. The minimum absolute atomic E-state index is 0.0938. The summed E-state index contributed by atoms with van der Waals surface area (Å²) in [5.74, 6) is 3.57. The first-order chi connectivity index (χ1) is 14.9. The highest BCUT2D eigenvalue weighted by atomic mass is 16.6. The molecule has 0 bridgehead atoms. The number of aliphatic hydroxyl groups is 1. The van der Waals surface area contributed by atoms with Gasteiger partial charge in [-0.25, -0.2) is 4.98 Å². The van der Waals surface area contributed by atoms with Gasteiger partial charge in [-0.1, -0.05) is 24.6 Å². The maximum atomic E-state index is 10.6. The van der Waals surface area contributed by atoms with Gasteiger partial charge in [0.1, 0.15) is 12.4 Å². The predicted molar refractivity (Wildman–Crippen MR) is 119 cm³/mol. The van der Waals surface area contributed by atoms with E-state index in [2.05, 4.69) is 30.1 Å². The normalized spacial score (nSPS) is 40.8. The lowest BCUT2D eigenvalue weighted by atomic mass is 9.47. The molecule has 6 heteroatoms. The second-order valence-electron chi connectivity index (χ2n) is 10.7. The van der Waals surface area contributed by atoms with E-state index in [0.29, 0.717) is 37.1 Å². The summed E-state index contributed by atoms with van der Waals surface area (Å²) in [6, 6.07) is 0. The van der Waals surface area contributed by atoms with Crippen molar-refractivity contribution in [3.05, 3.63) is 29.5 Å². The Morgan fingerprint density at radius 1 is 1.19 bits per heavy atom. The molecular formula is C25H37N3O3. The molecule has 3 N–H and O–H groups in total. The van der Waals surface area contributed by atoms with Crippen molar-refractivity contribution < 1.29 is 14.4 Å². The summed E-state index contributed by atoms with van der Waals surface area (Å²) in [5, 5.41) is 15.1. The second kappa shape index (κ2) is 8.04. The van der Waals surface area contributed by atoms with Gasteiger partial charge in [-0.15, -0.1) is 0 Å². The Morgan fingerprint density at radius 2 is 2.06 bits per heavy atom. The molecule has 1 aromatic rings. The van der Waals surface area contributed by atoms with Crippen LogP contribution in [0.1, 0.15) is 76.9 Å². The van der Waals surface area contributed by atoms with E-state index in [1.807, 2.05) is 0 Å². The van der Waals surface area contributed by atoms with Crippen LogP contribution in [0, 0.1) is 28.6 Å². The fraction of sp³-hybridized carbons (Fsp3) is 0.760. The van der Waals surface area contributed by atoms with Gasteiger partial charge >= 0.3 is 0 Å². The van der Waals surface area contributed by atoms with Gasteiger partial charge < -0.3 is 20.1 Å². The molecule has 0 spiro atoms. The Kier molecular flexibility index (Phi) is 5.50. The maximum Gasteiger partial charge on any atom is 0.197 e. The van der Waals surface area contributed by atoms with Crippen molar-refractivity contribution in [2.75, 3.05) is 6.61 Å². The van der Waals surface area contributed by atoms with E-state index in [9.17, 15) is 5.11 Å². The van der Waals surface area contributed by atoms with Gasteiger partial charge in [-0.2, -0.15) is 0 Å². The van der Waals surface area contributed by atoms with E-state index in [1.54, 1.807) is 11.8 Å². The largest absolute Gasteiger partial charge is 0.444 e. The molecule has 3 saturated carbocycles. The number of rotatable bonds is 5. The van der Waals surface area contributed by atoms with Crippen LogP contribution in [0.15, 0.2) is 27.4 Å². The van der Waals surface area contributed by atoms with Crippen LogP contribution < -0.4 is 5.73 Å². The lowest BCUT2D eigenvalue weighted by Gasteiger charge is -2.57. The molecule has 4 aliphatic rings. The average molecular weight is 428 g/mol. The first-order valence-electron chi connectivity index (χ1n) is 12.2. The summed E-state index contributed by atoms with van der Waals surface area (Å²) in [5.41, 5.74) is 8.64. The van der Waals surface area contributed by atoms with Gasteiger partial charge in [-0.3, -0.25) is 0 Å². The first kappa shape index (κ1) is 21.2. The lowest BCUT2D eigenvalue weighted by molar-refractivity contribution is -0.0722. The highest BCUT2D eigenvalue weighted by Crippen LogP contribution is 2.65. The average Bonchev–Trinajstić information content (AvgIpc) is 3.35. The minimum atomic E-state index is -0.0938. The van der Waals surface area contributed by atoms with Gasteiger partial charge in [0.25, 0.3) is 0 Å². The Balaban J connectivity index is 1.24. The summed E-state index contributed by atoms with van der Waals surface area (Å²) >= 11 is 0. The molecule has 31 heavy (non-hydrogen) atoms. The van der Waals surface area contributed by atoms with E-state index < -0.39 is 0 Å².